The molecule has 2 amide bonds. The minimum Gasteiger partial charge on any atom is -0.444 e. The van der Waals surface area contributed by atoms with Crippen LogP contribution in [-0.4, -0.2) is 60.4 Å². The Hall–Kier alpha value is -3.54. The Morgan fingerprint density at radius 1 is 1.10 bits per heavy atom. The fourth-order valence-corrected chi connectivity index (χ4v) is 6.04. The largest absolute Gasteiger partial charge is 0.444 e. The summed E-state index contributed by atoms with van der Waals surface area (Å²) < 4.78 is 18.6. The Kier molecular flexibility index (Phi) is 9.85. The van der Waals surface area contributed by atoms with E-state index in [-0.39, 0.29) is 23.5 Å². The number of carbonyl (C=O) groups excluding carboxylic acids is 3. The zero-order chi connectivity index (χ0) is 30.5. The van der Waals surface area contributed by atoms with Crippen molar-refractivity contribution >= 4 is 39.3 Å². The molecule has 0 aliphatic carbocycles. The molecule has 0 saturated carbocycles. The molecular weight excluding hydrogens is 558 g/mol. The molecule has 1 aromatic heterocycles. The first kappa shape index (κ1) is 31.4. The summed E-state index contributed by atoms with van der Waals surface area (Å²) in [5.74, 6) is -1.59. The van der Waals surface area contributed by atoms with Crippen LogP contribution in [0.4, 0.5) is 4.79 Å². The van der Waals surface area contributed by atoms with Gasteiger partial charge in [0.25, 0.3) is 0 Å². The molecule has 226 valence electrons. The fourth-order valence-electron chi connectivity index (χ4n) is 5.14. The minimum absolute atomic E-state index is 0.0228. The van der Waals surface area contributed by atoms with Gasteiger partial charge in [-0.15, -0.1) is 0 Å². The molecule has 0 unspecified atom stereocenters. The van der Waals surface area contributed by atoms with Crippen LogP contribution in [0.1, 0.15) is 45.6 Å². The van der Waals surface area contributed by atoms with E-state index in [1.807, 2.05) is 42.5 Å². The summed E-state index contributed by atoms with van der Waals surface area (Å²) in [5.41, 5.74) is 7.47. The monoisotopic (exact) mass is 597 g/mol. The lowest BCUT2D eigenvalue weighted by Gasteiger charge is -2.37. The highest BCUT2D eigenvalue weighted by Crippen LogP contribution is 2.29. The van der Waals surface area contributed by atoms with Gasteiger partial charge in [-0.25, -0.2) is 4.79 Å². The summed E-state index contributed by atoms with van der Waals surface area (Å²) >= 11 is 1.21. The van der Waals surface area contributed by atoms with Crippen molar-refractivity contribution in [2.45, 2.75) is 64.1 Å². The Balaban J connectivity index is 1.49. The third-order valence-electron chi connectivity index (χ3n) is 7.41. The number of aromatic nitrogens is 1. The number of hydrogen-bond donors (Lipinski definition) is 2. The number of nitrogens with two attached hydrogens (primary N) is 1. The van der Waals surface area contributed by atoms with Crippen LogP contribution in [0.2, 0.25) is 0 Å². The number of methoxy groups -OCH3 is 1. The van der Waals surface area contributed by atoms with Gasteiger partial charge in [0.2, 0.25) is 5.91 Å². The van der Waals surface area contributed by atoms with Crippen LogP contribution in [0.3, 0.4) is 0 Å². The molecule has 0 radical (unpaired) electrons. The number of benzene rings is 2. The zero-order valence-electron chi connectivity index (χ0n) is 24.6. The summed E-state index contributed by atoms with van der Waals surface area (Å²) in [6.07, 6.45) is 0.0690. The van der Waals surface area contributed by atoms with E-state index in [0.29, 0.717) is 39.2 Å². The second-order valence-electron chi connectivity index (χ2n) is 11.6. The summed E-state index contributed by atoms with van der Waals surface area (Å²) in [6.45, 7) is 6.80. The van der Waals surface area contributed by atoms with Crippen LogP contribution >= 0.6 is 11.3 Å². The molecule has 1 saturated heterocycles. The van der Waals surface area contributed by atoms with Gasteiger partial charge in [-0.1, -0.05) is 41.7 Å². The molecule has 2 aromatic carbocycles. The number of nitrogens with zero attached hydrogens (tertiary/aromatic N) is 1. The van der Waals surface area contributed by atoms with E-state index in [4.69, 9.17) is 19.9 Å². The van der Waals surface area contributed by atoms with Crippen molar-refractivity contribution in [2.24, 2.45) is 11.7 Å². The average molecular weight is 598 g/mol. The molecule has 3 aromatic rings. The summed E-state index contributed by atoms with van der Waals surface area (Å²) in [7, 11) is 1.61. The molecular formula is C31H39N3O7S. The number of primary amides is 1. The predicted octanol–water partition coefficient (Wildman–Crippen LogP) is 4.05. The number of ketones is 1. The first-order valence-corrected chi connectivity index (χ1v) is 14.9. The highest BCUT2D eigenvalue weighted by molar-refractivity contribution is 7.16. The van der Waals surface area contributed by atoms with Crippen LogP contribution < -0.4 is 15.9 Å². The van der Waals surface area contributed by atoms with Gasteiger partial charge in [0.15, 0.2) is 5.78 Å². The highest BCUT2D eigenvalue weighted by Gasteiger charge is 2.43. The SMILES string of the molecule is COCCn1c(=O)sc2ccc(-c3ccc(C[C@H](CC(=O)C4(NC(=O)OC(C)(C)C)CCOCC4)C(N)=O)cc3)cc21. The smallest absolute Gasteiger partial charge is 0.408 e. The second kappa shape index (κ2) is 13.2. The highest BCUT2D eigenvalue weighted by atomic mass is 32.1. The second-order valence-corrected chi connectivity index (χ2v) is 12.6. The van der Waals surface area contributed by atoms with Crippen molar-refractivity contribution in [1.29, 1.82) is 0 Å². The van der Waals surface area contributed by atoms with Crippen molar-refractivity contribution in [3.63, 3.8) is 0 Å². The molecule has 2 heterocycles. The third kappa shape index (κ3) is 7.64. The molecule has 1 fully saturated rings. The lowest BCUT2D eigenvalue weighted by molar-refractivity contribution is -0.133. The Morgan fingerprint density at radius 3 is 2.38 bits per heavy atom. The standard InChI is InChI=1S/C31H39N3O7S/c1-30(2,3)41-28(37)33-31(11-14-40-15-12-31)26(35)19-23(27(32)36)17-20-5-7-21(8-6-20)22-9-10-25-24(18-22)34(13-16-39-4)29(38)42-25/h5-10,18,23H,11-17,19H2,1-4H3,(H2,32,36)(H,33,37)/t23-/m1/s1. The van der Waals surface area contributed by atoms with Gasteiger partial charge in [-0.2, -0.15) is 0 Å². The van der Waals surface area contributed by atoms with E-state index in [2.05, 4.69) is 5.32 Å². The molecule has 4 rings (SSSR count). The van der Waals surface area contributed by atoms with Crippen molar-refractivity contribution in [3.05, 3.63) is 57.7 Å². The summed E-state index contributed by atoms with van der Waals surface area (Å²) in [6, 6.07) is 13.6. The Labute approximate surface area is 249 Å². The lowest BCUT2D eigenvalue weighted by atomic mass is 9.80. The number of hydrogen-bond acceptors (Lipinski definition) is 8. The molecule has 42 heavy (non-hydrogen) atoms. The molecule has 1 aliphatic heterocycles. The maximum Gasteiger partial charge on any atom is 0.408 e. The predicted molar refractivity (Wildman–Crippen MR) is 162 cm³/mol. The van der Waals surface area contributed by atoms with E-state index >= 15 is 0 Å². The number of nitrogens with one attached hydrogen (secondary N) is 1. The topological polar surface area (TPSA) is 139 Å². The Morgan fingerprint density at radius 2 is 1.76 bits per heavy atom. The first-order valence-electron chi connectivity index (χ1n) is 14.0. The number of thiazole rings is 1. The zero-order valence-corrected chi connectivity index (χ0v) is 25.4. The van der Waals surface area contributed by atoms with Gasteiger partial charge in [0, 0.05) is 45.5 Å². The van der Waals surface area contributed by atoms with Crippen LogP contribution in [0.15, 0.2) is 47.3 Å². The van der Waals surface area contributed by atoms with Crippen molar-refractivity contribution in [3.8, 4) is 11.1 Å². The van der Waals surface area contributed by atoms with Crippen LogP contribution in [0.5, 0.6) is 0 Å². The average Bonchev–Trinajstić information content (AvgIpc) is 3.25. The van der Waals surface area contributed by atoms with E-state index in [1.165, 1.54) is 11.3 Å². The number of Topliss-reactive ketones (excluding diaryl/α,β-unsaturated/α-hetero) is 1. The number of rotatable bonds is 11. The van der Waals surface area contributed by atoms with E-state index in [0.717, 1.165) is 26.9 Å². The number of ether oxygens (including phenoxy) is 3. The molecule has 1 aliphatic rings. The van der Waals surface area contributed by atoms with Gasteiger partial charge in [0.05, 0.1) is 23.4 Å². The number of carbonyl (C=O) groups is 3. The Bertz CT molecular complexity index is 1480. The van der Waals surface area contributed by atoms with Crippen LogP contribution in [0.25, 0.3) is 21.3 Å². The molecule has 3 N–H and O–H groups in total. The van der Waals surface area contributed by atoms with Crippen molar-refractivity contribution < 1.29 is 28.6 Å². The fraction of sp³-hybridized carbons (Fsp3) is 0.484. The van der Waals surface area contributed by atoms with Crippen molar-refractivity contribution in [2.75, 3.05) is 26.9 Å². The third-order valence-corrected chi connectivity index (χ3v) is 8.37. The van der Waals surface area contributed by atoms with E-state index in [1.54, 1.807) is 32.4 Å². The number of alkyl carbamates (subject to hydrolysis) is 1. The van der Waals surface area contributed by atoms with Crippen molar-refractivity contribution in [1.82, 2.24) is 9.88 Å². The van der Waals surface area contributed by atoms with Gasteiger partial charge in [-0.3, -0.25) is 19.0 Å². The van der Waals surface area contributed by atoms with Gasteiger partial charge in [-0.05, 0) is 56.0 Å². The van der Waals surface area contributed by atoms with Gasteiger partial charge in [0.1, 0.15) is 11.1 Å². The number of fused-ring (bicyclic) bond motifs is 1. The molecule has 0 spiro atoms. The summed E-state index contributed by atoms with van der Waals surface area (Å²) in [4.78, 5) is 51.1. The molecule has 10 nitrogen and oxygen atoms in total. The molecule has 0 bridgehead atoms. The van der Waals surface area contributed by atoms with E-state index < -0.39 is 29.1 Å². The quantitative estimate of drug-likeness (QED) is 0.340. The van der Waals surface area contributed by atoms with Gasteiger partial charge < -0.3 is 25.3 Å². The first-order chi connectivity index (χ1) is 19.9. The van der Waals surface area contributed by atoms with Crippen LogP contribution in [0, 0.1) is 5.92 Å². The maximum atomic E-state index is 13.6. The minimum atomic E-state index is -1.18. The lowest BCUT2D eigenvalue weighted by Crippen LogP contribution is -2.58. The normalized spacial score (nSPS) is 15.7. The number of amides is 2. The van der Waals surface area contributed by atoms with Crippen LogP contribution in [-0.2, 0) is 36.8 Å². The van der Waals surface area contributed by atoms with Gasteiger partial charge >= 0.3 is 11.0 Å². The molecule has 1 atom stereocenters. The maximum absolute atomic E-state index is 13.6. The van der Waals surface area contributed by atoms with E-state index in [9.17, 15) is 19.2 Å². The summed E-state index contributed by atoms with van der Waals surface area (Å²) in [5, 5.41) is 2.78. The molecule has 11 heteroatoms.